The van der Waals surface area contributed by atoms with E-state index in [1.54, 1.807) is 0 Å². The normalized spacial score (nSPS) is 19.8. The van der Waals surface area contributed by atoms with Crippen LogP contribution in [0.4, 0.5) is 0 Å². The molecule has 2 N–H and O–H groups in total. The summed E-state index contributed by atoms with van der Waals surface area (Å²) in [5.74, 6) is -0.759. The fourth-order valence-electron chi connectivity index (χ4n) is 1.53. The van der Waals surface area contributed by atoms with Crippen molar-refractivity contribution in [3.63, 3.8) is 0 Å². The number of rotatable bonds is 5. The highest BCUT2D eigenvalue weighted by atomic mass is 16.5. The third-order valence-electron chi connectivity index (χ3n) is 4.27. The molecule has 0 unspecified atom stereocenters. The van der Waals surface area contributed by atoms with Crippen LogP contribution in [0, 0.1) is 16.2 Å². The number of carboxylic acid groups (broad SMARTS) is 1. The van der Waals surface area contributed by atoms with Crippen LogP contribution in [-0.2, 0) is 9.53 Å². The van der Waals surface area contributed by atoms with Crippen molar-refractivity contribution in [3.05, 3.63) is 0 Å². The lowest BCUT2D eigenvalue weighted by Gasteiger charge is -2.42. The first-order valence-corrected chi connectivity index (χ1v) is 6.13. The van der Waals surface area contributed by atoms with Crippen LogP contribution in [0.25, 0.3) is 0 Å². The molecule has 17 heavy (non-hydrogen) atoms. The maximum Gasteiger partial charge on any atom is 0.315 e. The fourth-order valence-corrected chi connectivity index (χ4v) is 1.53. The van der Waals surface area contributed by atoms with Crippen LogP contribution in [-0.4, -0.2) is 37.4 Å². The second kappa shape index (κ2) is 4.58. The lowest BCUT2D eigenvalue weighted by atomic mass is 9.69. The van der Waals surface area contributed by atoms with Crippen molar-refractivity contribution in [1.29, 1.82) is 0 Å². The summed E-state index contributed by atoms with van der Waals surface area (Å²) >= 11 is 0. The van der Waals surface area contributed by atoms with Gasteiger partial charge >= 0.3 is 5.97 Å². The van der Waals surface area contributed by atoms with E-state index in [1.807, 2.05) is 0 Å². The third kappa shape index (κ3) is 2.99. The second-order valence-corrected chi connectivity index (χ2v) is 6.82. The lowest BCUT2D eigenvalue weighted by Crippen LogP contribution is -2.56. The molecule has 0 bridgehead atoms. The van der Waals surface area contributed by atoms with E-state index >= 15 is 0 Å². The van der Waals surface area contributed by atoms with Crippen LogP contribution >= 0.6 is 0 Å². The molecule has 0 amide bonds. The monoisotopic (exact) mass is 243 g/mol. The Hall–Kier alpha value is -0.610. The van der Waals surface area contributed by atoms with Crippen LogP contribution < -0.4 is 5.32 Å². The number of hydrogen-bond acceptors (Lipinski definition) is 3. The minimum Gasteiger partial charge on any atom is -0.481 e. The smallest absolute Gasteiger partial charge is 0.315 e. The van der Waals surface area contributed by atoms with Crippen molar-refractivity contribution in [3.8, 4) is 0 Å². The van der Waals surface area contributed by atoms with E-state index in [4.69, 9.17) is 9.84 Å². The van der Waals surface area contributed by atoms with E-state index in [9.17, 15) is 4.79 Å². The fraction of sp³-hybridized carbons (Fsp3) is 0.923. The molecule has 0 aromatic rings. The van der Waals surface area contributed by atoms with Gasteiger partial charge in [0.25, 0.3) is 0 Å². The minimum atomic E-state index is -0.759. The Morgan fingerprint density at radius 1 is 1.29 bits per heavy atom. The molecule has 0 aromatic carbocycles. The quantitative estimate of drug-likeness (QED) is 0.772. The Balaban J connectivity index is 2.45. The molecule has 0 atom stereocenters. The molecule has 0 spiro atoms. The van der Waals surface area contributed by atoms with Gasteiger partial charge in [-0.05, 0) is 10.8 Å². The van der Waals surface area contributed by atoms with Crippen molar-refractivity contribution in [2.24, 2.45) is 16.2 Å². The molecule has 100 valence electrons. The van der Waals surface area contributed by atoms with Gasteiger partial charge in [-0.15, -0.1) is 0 Å². The molecule has 0 radical (unpaired) electrons. The number of carboxylic acids is 1. The maximum atomic E-state index is 11.1. The van der Waals surface area contributed by atoms with Gasteiger partial charge in [-0.2, -0.15) is 0 Å². The topological polar surface area (TPSA) is 58.6 Å². The first-order valence-electron chi connectivity index (χ1n) is 6.13. The van der Waals surface area contributed by atoms with E-state index in [-0.39, 0.29) is 10.8 Å². The zero-order valence-corrected chi connectivity index (χ0v) is 11.6. The SMILES string of the molecule is CC(C)(C)C(C)(C)CNCC1(C(=O)O)COC1. The maximum absolute atomic E-state index is 11.1. The largest absolute Gasteiger partial charge is 0.481 e. The molecule has 0 aromatic heterocycles. The summed E-state index contributed by atoms with van der Waals surface area (Å²) in [4.78, 5) is 11.1. The summed E-state index contributed by atoms with van der Waals surface area (Å²) in [6, 6.07) is 0. The van der Waals surface area contributed by atoms with Gasteiger partial charge in [0.05, 0.1) is 13.2 Å². The summed E-state index contributed by atoms with van der Waals surface area (Å²) < 4.78 is 5.03. The van der Waals surface area contributed by atoms with Crippen LogP contribution in [0.2, 0.25) is 0 Å². The van der Waals surface area contributed by atoms with Crippen LogP contribution in [0.1, 0.15) is 34.6 Å². The summed E-state index contributed by atoms with van der Waals surface area (Å²) in [6.45, 7) is 13.0. The lowest BCUT2D eigenvalue weighted by molar-refractivity contribution is -0.178. The molecule has 4 nitrogen and oxygen atoms in total. The van der Waals surface area contributed by atoms with Crippen molar-refractivity contribution in [2.45, 2.75) is 34.6 Å². The van der Waals surface area contributed by atoms with E-state index in [1.165, 1.54) is 0 Å². The standard InChI is InChI=1S/C13H25NO3/c1-11(2,3)12(4,5)6-14-7-13(10(15)16)8-17-9-13/h14H,6-9H2,1-5H3,(H,15,16). The highest BCUT2D eigenvalue weighted by Crippen LogP contribution is 2.37. The number of hydrogen-bond donors (Lipinski definition) is 2. The molecular weight excluding hydrogens is 218 g/mol. The molecule has 1 rings (SSSR count). The van der Waals surface area contributed by atoms with Crippen molar-refractivity contribution >= 4 is 5.97 Å². The van der Waals surface area contributed by atoms with Crippen LogP contribution in [0.5, 0.6) is 0 Å². The molecule has 0 aliphatic carbocycles. The Morgan fingerprint density at radius 3 is 2.12 bits per heavy atom. The average molecular weight is 243 g/mol. The Bertz CT molecular complexity index is 288. The minimum absolute atomic E-state index is 0.122. The summed E-state index contributed by atoms with van der Waals surface area (Å²) in [5, 5.41) is 12.4. The van der Waals surface area contributed by atoms with Gasteiger partial charge < -0.3 is 15.2 Å². The first kappa shape index (κ1) is 14.5. The van der Waals surface area contributed by atoms with Crippen LogP contribution in [0.15, 0.2) is 0 Å². The predicted molar refractivity (Wildman–Crippen MR) is 67.0 cm³/mol. The molecule has 0 saturated carbocycles. The van der Waals surface area contributed by atoms with Gasteiger partial charge in [-0.1, -0.05) is 34.6 Å². The summed E-state index contributed by atoms with van der Waals surface area (Å²) in [6.07, 6.45) is 0. The Morgan fingerprint density at radius 2 is 1.82 bits per heavy atom. The number of ether oxygens (including phenoxy) is 1. The zero-order chi connectivity index (χ0) is 13.3. The van der Waals surface area contributed by atoms with Gasteiger partial charge in [0.2, 0.25) is 0 Å². The van der Waals surface area contributed by atoms with Gasteiger partial charge in [-0.3, -0.25) is 4.79 Å². The second-order valence-electron chi connectivity index (χ2n) is 6.82. The molecule has 1 heterocycles. The Kier molecular flexibility index (Phi) is 3.89. The van der Waals surface area contributed by atoms with Gasteiger partial charge in [0.1, 0.15) is 5.41 Å². The number of carbonyl (C=O) groups is 1. The molecule has 1 aliphatic rings. The predicted octanol–water partition coefficient (Wildman–Crippen LogP) is 1.75. The van der Waals surface area contributed by atoms with Gasteiger partial charge in [0, 0.05) is 13.1 Å². The zero-order valence-electron chi connectivity index (χ0n) is 11.6. The number of aliphatic carboxylic acids is 1. The van der Waals surface area contributed by atoms with Gasteiger partial charge in [-0.25, -0.2) is 0 Å². The summed E-state index contributed by atoms with van der Waals surface area (Å²) in [5.41, 5.74) is -0.391. The van der Waals surface area contributed by atoms with Crippen molar-refractivity contribution in [2.75, 3.05) is 26.3 Å². The van der Waals surface area contributed by atoms with E-state index in [0.29, 0.717) is 19.8 Å². The third-order valence-corrected chi connectivity index (χ3v) is 4.27. The first-order chi connectivity index (χ1) is 7.61. The van der Waals surface area contributed by atoms with E-state index in [2.05, 4.69) is 39.9 Å². The Labute approximate surface area is 104 Å². The van der Waals surface area contributed by atoms with Crippen LogP contribution in [0.3, 0.4) is 0 Å². The molecule has 1 saturated heterocycles. The highest BCUT2D eigenvalue weighted by Gasteiger charge is 2.46. The number of nitrogens with one attached hydrogen (secondary N) is 1. The van der Waals surface area contributed by atoms with Crippen molar-refractivity contribution in [1.82, 2.24) is 5.32 Å². The van der Waals surface area contributed by atoms with E-state index < -0.39 is 11.4 Å². The molecule has 1 fully saturated rings. The molecule has 1 aliphatic heterocycles. The molecule has 4 heteroatoms. The van der Waals surface area contributed by atoms with E-state index in [0.717, 1.165) is 6.54 Å². The van der Waals surface area contributed by atoms with Crippen molar-refractivity contribution < 1.29 is 14.6 Å². The molecular formula is C13H25NO3. The highest BCUT2D eigenvalue weighted by molar-refractivity contribution is 5.76. The average Bonchev–Trinajstić information content (AvgIpc) is 2.06. The van der Waals surface area contributed by atoms with Gasteiger partial charge in [0.15, 0.2) is 0 Å². The summed E-state index contributed by atoms with van der Waals surface area (Å²) in [7, 11) is 0.